The maximum absolute atomic E-state index is 13.9. The molecule has 0 saturated carbocycles. The normalized spacial score (nSPS) is 19.3. The van der Waals surface area contributed by atoms with E-state index in [0.29, 0.717) is 12.2 Å². The number of ether oxygens (including phenoxy) is 3. The van der Waals surface area contributed by atoms with E-state index >= 15 is 0 Å². The molecule has 1 fully saturated rings. The molecule has 1 heterocycles. The third-order valence-electron chi connectivity index (χ3n) is 6.67. The zero-order valence-electron chi connectivity index (χ0n) is 24.9. The van der Waals surface area contributed by atoms with Crippen LogP contribution in [0.2, 0.25) is 0 Å². The summed E-state index contributed by atoms with van der Waals surface area (Å²) in [6.07, 6.45) is -0.742. The summed E-state index contributed by atoms with van der Waals surface area (Å²) in [4.78, 5) is 15.3. The molecule has 1 aliphatic heterocycles. The number of rotatable bonds is 10. The average Bonchev–Trinajstić information content (AvgIpc) is 3.11. The van der Waals surface area contributed by atoms with E-state index in [1.165, 1.54) is 23.5 Å². The van der Waals surface area contributed by atoms with Crippen molar-refractivity contribution in [2.75, 3.05) is 20.2 Å². The first-order valence-electron chi connectivity index (χ1n) is 13.6. The van der Waals surface area contributed by atoms with E-state index in [9.17, 15) is 18.3 Å². The van der Waals surface area contributed by atoms with Crippen LogP contribution in [0.5, 0.6) is 5.75 Å². The molecule has 222 valence electrons. The van der Waals surface area contributed by atoms with Gasteiger partial charge in [-0.25, -0.2) is 13.2 Å². The molecule has 10 heteroatoms. The van der Waals surface area contributed by atoms with Crippen molar-refractivity contribution < 1.29 is 32.5 Å². The summed E-state index contributed by atoms with van der Waals surface area (Å²) in [5, 5.41) is 9.46. The van der Waals surface area contributed by atoms with Gasteiger partial charge in [0.15, 0.2) is 0 Å². The molecular weight excluding hydrogens is 532 g/mol. The topological polar surface area (TPSA) is 106 Å². The molecule has 3 rings (SSSR count). The van der Waals surface area contributed by atoms with E-state index in [4.69, 9.17) is 14.2 Å². The van der Waals surface area contributed by atoms with Crippen LogP contribution in [0.4, 0.5) is 4.79 Å². The van der Waals surface area contributed by atoms with Crippen molar-refractivity contribution >= 4 is 16.1 Å². The first-order chi connectivity index (χ1) is 18.6. The van der Waals surface area contributed by atoms with Gasteiger partial charge < -0.3 is 19.3 Å². The molecule has 2 aromatic rings. The molecule has 0 spiro atoms. The molecule has 1 N–H and O–H groups in total. The first-order valence-corrected chi connectivity index (χ1v) is 15.0. The SMILES string of the molecule is COc1ccc(S(=O)(=O)N(CC(C)C)C[C@H]2OC(C)(C)N(C(=O)OC(C)(C)C)[C@H]2Cc2ccc(CO)cc2)cc1. The zero-order valence-corrected chi connectivity index (χ0v) is 25.7. The highest BCUT2D eigenvalue weighted by Crippen LogP contribution is 2.37. The van der Waals surface area contributed by atoms with Crippen molar-refractivity contribution in [3.63, 3.8) is 0 Å². The summed E-state index contributed by atoms with van der Waals surface area (Å²) in [5.74, 6) is 0.615. The number of benzene rings is 2. The Morgan fingerprint density at radius 3 is 2.15 bits per heavy atom. The van der Waals surface area contributed by atoms with E-state index < -0.39 is 39.6 Å². The summed E-state index contributed by atoms with van der Waals surface area (Å²) in [6, 6.07) is 13.3. The second kappa shape index (κ2) is 12.5. The van der Waals surface area contributed by atoms with Crippen LogP contribution in [0.1, 0.15) is 59.6 Å². The quantitative estimate of drug-likeness (QED) is 0.432. The Morgan fingerprint density at radius 2 is 1.65 bits per heavy atom. The summed E-state index contributed by atoms with van der Waals surface area (Å²) in [5.41, 5.74) is -0.0628. The molecule has 0 radical (unpaired) electrons. The third-order valence-corrected chi connectivity index (χ3v) is 8.52. The van der Waals surface area contributed by atoms with Crippen molar-refractivity contribution in [2.24, 2.45) is 5.92 Å². The van der Waals surface area contributed by atoms with Crippen LogP contribution in [0, 0.1) is 5.92 Å². The van der Waals surface area contributed by atoms with Gasteiger partial charge in [-0.15, -0.1) is 0 Å². The number of carbonyl (C=O) groups excluding carboxylic acids is 1. The van der Waals surface area contributed by atoms with Crippen LogP contribution in [0.25, 0.3) is 0 Å². The predicted octanol–water partition coefficient (Wildman–Crippen LogP) is 4.82. The van der Waals surface area contributed by atoms with Crippen LogP contribution in [0.3, 0.4) is 0 Å². The Kier molecular flexibility index (Phi) is 9.93. The molecule has 2 atom stereocenters. The van der Waals surface area contributed by atoms with Crippen molar-refractivity contribution in [2.45, 2.75) is 89.9 Å². The van der Waals surface area contributed by atoms with E-state index in [1.54, 1.807) is 51.7 Å². The number of hydrogen-bond acceptors (Lipinski definition) is 7. The molecule has 1 saturated heterocycles. The molecule has 0 unspecified atom stereocenters. The molecule has 2 aromatic carbocycles. The lowest BCUT2D eigenvalue weighted by Gasteiger charge is -2.35. The van der Waals surface area contributed by atoms with E-state index in [0.717, 1.165) is 11.1 Å². The van der Waals surface area contributed by atoms with Gasteiger partial charge in [0.1, 0.15) is 17.1 Å². The van der Waals surface area contributed by atoms with Gasteiger partial charge in [0.05, 0.1) is 30.8 Å². The van der Waals surface area contributed by atoms with Crippen LogP contribution in [0.15, 0.2) is 53.4 Å². The molecule has 1 aliphatic rings. The van der Waals surface area contributed by atoms with E-state index in [1.807, 2.05) is 38.1 Å². The number of methoxy groups -OCH3 is 1. The maximum atomic E-state index is 13.9. The Labute approximate surface area is 239 Å². The summed E-state index contributed by atoms with van der Waals surface area (Å²) in [7, 11) is -2.35. The predicted molar refractivity (Wildman–Crippen MR) is 153 cm³/mol. The summed E-state index contributed by atoms with van der Waals surface area (Å²) >= 11 is 0. The van der Waals surface area contributed by atoms with Gasteiger partial charge in [0.25, 0.3) is 0 Å². The van der Waals surface area contributed by atoms with Crippen molar-refractivity contribution in [1.29, 1.82) is 0 Å². The van der Waals surface area contributed by atoms with Gasteiger partial charge in [0, 0.05) is 13.1 Å². The Bertz CT molecular complexity index is 1240. The van der Waals surface area contributed by atoms with Gasteiger partial charge in [0.2, 0.25) is 10.0 Å². The first kappa shape index (κ1) is 31.9. The van der Waals surface area contributed by atoms with Crippen LogP contribution >= 0.6 is 0 Å². The minimum Gasteiger partial charge on any atom is -0.497 e. The Morgan fingerprint density at radius 1 is 1.07 bits per heavy atom. The van der Waals surface area contributed by atoms with Crippen LogP contribution < -0.4 is 4.74 Å². The van der Waals surface area contributed by atoms with Crippen molar-refractivity contribution in [1.82, 2.24) is 9.21 Å². The lowest BCUT2D eigenvalue weighted by molar-refractivity contribution is -0.0806. The summed E-state index contributed by atoms with van der Waals surface area (Å²) in [6.45, 7) is 13.2. The van der Waals surface area contributed by atoms with E-state index in [-0.39, 0.29) is 30.5 Å². The molecular formula is C30H44N2O7S. The second-order valence-corrected chi connectivity index (χ2v) is 14.0. The monoisotopic (exact) mass is 576 g/mol. The fraction of sp³-hybridized carbons (Fsp3) is 0.567. The highest BCUT2D eigenvalue weighted by Gasteiger charge is 2.52. The smallest absolute Gasteiger partial charge is 0.412 e. The highest BCUT2D eigenvalue weighted by atomic mass is 32.2. The number of carbonyl (C=O) groups is 1. The Balaban J connectivity index is 2.01. The van der Waals surface area contributed by atoms with Crippen molar-refractivity contribution in [3.05, 3.63) is 59.7 Å². The minimum atomic E-state index is -3.88. The molecule has 1 amide bonds. The number of aliphatic hydroxyl groups excluding tert-OH is 1. The average molecular weight is 577 g/mol. The van der Waals surface area contributed by atoms with Crippen LogP contribution in [-0.4, -0.2) is 72.5 Å². The molecule has 9 nitrogen and oxygen atoms in total. The number of aliphatic hydroxyl groups is 1. The van der Waals surface area contributed by atoms with Gasteiger partial charge in [-0.3, -0.25) is 4.90 Å². The zero-order chi connectivity index (χ0) is 29.9. The molecule has 40 heavy (non-hydrogen) atoms. The molecule has 0 aromatic heterocycles. The van der Waals surface area contributed by atoms with Gasteiger partial charge in [-0.1, -0.05) is 38.1 Å². The van der Waals surface area contributed by atoms with Gasteiger partial charge in [-0.2, -0.15) is 4.31 Å². The molecule has 0 aliphatic carbocycles. The largest absolute Gasteiger partial charge is 0.497 e. The number of sulfonamides is 1. The maximum Gasteiger partial charge on any atom is 0.412 e. The number of amides is 1. The number of hydrogen-bond donors (Lipinski definition) is 1. The molecule has 0 bridgehead atoms. The third kappa shape index (κ3) is 7.75. The number of nitrogens with zero attached hydrogens (tertiary/aromatic N) is 2. The highest BCUT2D eigenvalue weighted by molar-refractivity contribution is 7.89. The van der Waals surface area contributed by atoms with Gasteiger partial charge in [-0.05, 0) is 82.3 Å². The minimum absolute atomic E-state index is 0.0499. The summed E-state index contributed by atoms with van der Waals surface area (Å²) < 4.78 is 46.6. The Hall–Kier alpha value is -2.66. The standard InChI is InChI=1S/C30H44N2O7S/c1-21(2)18-31(40(35,36)25-15-13-24(37-8)14-16-25)19-27-26(17-22-9-11-23(20-33)12-10-22)32(30(6,7)38-27)28(34)39-29(3,4)5/h9-16,21,26-27,33H,17-20H2,1-8H3/t26-,27+/m0/s1. The lowest BCUT2D eigenvalue weighted by Crippen LogP contribution is -2.52. The van der Waals surface area contributed by atoms with Gasteiger partial charge >= 0.3 is 6.09 Å². The fourth-order valence-electron chi connectivity index (χ4n) is 4.92. The van der Waals surface area contributed by atoms with E-state index in [2.05, 4.69) is 0 Å². The van der Waals surface area contributed by atoms with Crippen molar-refractivity contribution in [3.8, 4) is 5.75 Å². The fourth-order valence-corrected chi connectivity index (χ4v) is 6.53. The lowest BCUT2D eigenvalue weighted by atomic mass is 9.99. The second-order valence-electron chi connectivity index (χ2n) is 12.1. The van der Waals surface area contributed by atoms with Crippen LogP contribution in [-0.2, 0) is 32.5 Å².